The third-order valence-corrected chi connectivity index (χ3v) is 2.19. The minimum atomic E-state index is 0.952. The molecule has 0 unspecified atom stereocenters. The van der Waals surface area contributed by atoms with Crippen molar-refractivity contribution in [3.8, 4) is 0 Å². The van der Waals surface area contributed by atoms with Gasteiger partial charge in [0, 0.05) is 5.03 Å². The molecule has 1 aromatic carbocycles. The Hall–Kier alpha value is -0.750. The molecule has 0 atom stereocenters. The lowest BCUT2D eigenvalue weighted by atomic mass is 10.2. The predicted molar refractivity (Wildman–Crippen MR) is 59.8 cm³/mol. The van der Waals surface area contributed by atoms with Gasteiger partial charge in [0.2, 0.25) is 0 Å². The molecule has 0 amide bonds. The van der Waals surface area contributed by atoms with Gasteiger partial charge >= 0.3 is 0 Å². The van der Waals surface area contributed by atoms with Crippen molar-refractivity contribution in [3.63, 3.8) is 0 Å². The normalized spacial score (nSPS) is 11.7. The molecule has 0 N–H and O–H groups in total. The largest absolute Gasteiger partial charge is 0.0891 e. The SMILES string of the molecule is CCCC/C(Cl)=C\c1ccccc1. The first-order chi connectivity index (χ1) is 6.33. The highest BCUT2D eigenvalue weighted by Crippen LogP contribution is 2.15. The van der Waals surface area contributed by atoms with Crippen LogP contribution in [0.1, 0.15) is 31.7 Å². The van der Waals surface area contributed by atoms with Gasteiger partial charge in [-0.3, -0.25) is 0 Å². The van der Waals surface area contributed by atoms with E-state index in [2.05, 4.69) is 19.1 Å². The zero-order valence-electron chi connectivity index (χ0n) is 7.96. The Morgan fingerprint density at radius 3 is 2.62 bits per heavy atom. The van der Waals surface area contributed by atoms with Gasteiger partial charge in [0.1, 0.15) is 0 Å². The molecule has 0 aromatic heterocycles. The van der Waals surface area contributed by atoms with Crippen molar-refractivity contribution in [1.82, 2.24) is 0 Å². The van der Waals surface area contributed by atoms with Gasteiger partial charge in [0.05, 0.1) is 0 Å². The fraction of sp³-hybridized carbons (Fsp3) is 0.333. The van der Waals surface area contributed by atoms with E-state index in [4.69, 9.17) is 11.6 Å². The maximum Gasteiger partial charge on any atom is 0.0186 e. The van der Waals surface area contributed by atoms with Crippen molar-refractivity contribution in [2.24, 2.45) is 0 Å². The molecule has 1 aromatic rings. The average molecular weight is 195 g/mol. The van der Waals surface area contributed by atoms with E-state index in [-0.39, 0.29) is 0 Å². The van der Waals surface area contributed by atoms with E-state index >= 15 is 0 Å². The lowest BCUT2D eigenvalue weighted by Crippen LogP contribution is -1.75. The molecule has 0 spiro atoms. The van der Waals surface area contributed by atoms with Gasteiger partial charge in [0.25, 0.3) is 0 Å². The zero-order valence-corrected chi connectivity index (χ0v) is 8.72. The van der Waals surface area contributed by atoms with Gasteiger partial charge < -0.3 is 0 Å². The van der Waals surface area contributed by atoms with Crippen LogP contribution in [0.5, 0.6) is 0 Å². The third kappa shape index (κ3) is 4.14. The molecular formula is C12H15Cl. The maximum atomic E-state index is 6.06. The summed E-state index contributed by atoms with van der Waals surface area (Å²) < 4.78 is 0. The molecule has 13 heavy (non-hydrogen) atoms. The van der Waals surface area contributed by atoms with Gasteiger partial charge in [0.15, 0.2) is 0 Å². The van der Waals surface area contributed by atoms with Crippen LogP contribution in [0.3, 0.4) is 0 Å². The Balaban J connectivity index is 2.55. The minimum absolute atomic E-state index is 0.952. The first-order valence-electron chi connectivity index (χ1n) is 4.74. The van der Waals surface area contributed by atoms with Crippen LogP contribution in [-0.2, 0) is 0 Å². The van der Waals surface area contributed by atoms with E-state index in [1.807, 2.05) is 24.3 Å². The summed E-state index contributed by atoms with van der Waals surface area (Å²) in [6.45, 7) is 2.17. The molecule has 0 saturated heterocycles. The molecule has 0 nitrogen and oxygen atoms in total. The topological polar surface area (TPSA) is 0 Å². The number of allylic oxidation sites excluding steroid dienone is 1. The van der Waals surface area contributed by atoms with E-state index < -0.39 is 0 Å². The summed E-state index contributed by atoms with van der Waals surface area (Å²) in [7, 11) is 0. The lowest BCUT2D eigenvalue weighted by Gasteiger charge is -1.97. The molecule has 0 fully saturated rings. The van der Waals surface area contributed by atoms with Gasteiger partial charge in [-0.2, -0.15) is 0 Å². The highest BCUT2D eigenvalue weighted by molar-refractivity contribution is 6.31. The Labute approximate surface area is 85.2 Å². The second-order valence-corrected chi connectivity index (χ2v) is 3.59. The smallest absolute Gasteiger partial charge is 0.0186 e. The number of hydrogen-bond acceptors (Lipinski definition) is 0. The monoisotopic (exact) mass is 194 g/mol. The Kier molecular flexibility index (Phi) is 4.63. The van der Waals surface area contributed by atoms with Crippen LogP contribution in [0.15, 0.2) is 35.4 Å². The van der Waals surface area contributed by atoms with Crippen LogP contribution in [0.2, 0.25) is 0 Å². The molecule has 0 aliphatic carbocycles. The minimum Gasteiger partial charge on any atom is -0.0891 e. The van der Waals surface area contributed by atoms with Crippen LogP contribution < -0.4 is 0 Å². The van der Waals surface area contributed by atoms with E-state index in [9.17, 15) is 0 Å². The Bertz CT molecular complexity index is 262. The van der Waals surface area contributed by atoms with E-state index in [0.717, 1.165) is 11.5 Å². The molecule has 0 saturated carbocycles. The van der Waals surface area contributed by atoms with Crippen molar-refractivity contribution in [2.45, 2.75) is 26.2 Å². The van der Waals surface area contributed by atoms with E-state index in [0.29, 0.717) is 0 Å². The van der Waals surface area contributed by atoms with Gasteiger partial charge in [-0.1, -0.05) is 55.3 Å². The number of unbranched alkanes of at least 4 members (excludes halogenated alkanes) is 1. The summed E-state index contributed by atoms with van der Waals surface area (Å²) in [5, 5.41) is 0.952. The van der Waals surface area contributed by atoms with Crippen LogP contribution in [0, 0.1) is 0 Å². The van der Waals surface area contributed by atoms with Crippen LogP contribution >= 0.6 is 11.6 Å². The molecule has 1 rings (SSSR count). The highest BCUT2D eigenvalue weighted by Gasteiger charge is 1.92. The molecule has 70 valence electrons. The van der Waals surface area contributed by atoms with Gasteiger partial charge in [-0.05, 0) is 24.5 Å². The summed E-state index contributed by atoms with van der Waals surface area (Å²) in [6.07, 6.45) is 5.39. The summed E-state index contributed by atoms with van der Waals surface area (Å²) in [4.78, 5) is 0. The standard InChI is InChI=1S/C12H15Cl/c1-2-3-9-12(13)10-11-7-5-4-6-8-11/h4-8,10H,2-3,9H2,1H3/b12-10+. The lowest BCUT2D eigenvalue weighted by molar-refractivity contribution is 0.809. The third-order valence-electron chi connectivity index (χ3n) is 1.89. The van der Waals surface area contributed by atoms with E-state index in [1.54, 1.807) is 0 Å². The van der Waals surface area contributed by atoms with Gasteiger partial charge in [-0.15, -0.1) is 0 Å². The highest BCUT2D eigenvalue weighted by atomic mass is 35.5. The number of hydrogen-bond donors (Lipinski definition) is 0. The Morgan fingerprint density at radius 2 is 2.00 bits per heavy atom. The van der Waals surface area contributed by atoms with E-state index in [1.165, 1.54) is 18.4 Å². The second-order valence-electron chi connectivity index (χ2n) is 3.11. The average Bonchev–Trinajstić information content (AvgIpc) is 2.16. The molecule has 1 heteroatoms. The summed E-state index contributed by atoms with van der Waals surface area (Å²) in [5.41, 5.74) is 1.18. The van der Waals surface area contributed by atoms with Crippen LogP contribution in [0.4, 0.5) is 0 Å². The van der Waals surface area contributed by atoms with Crippen LogP contribution in [0.25, 0.3) is 6.08 Å². The fourth-order valence-corrected chi connectivity index (χ4v) is 1.41. The zero-order chi connectivity index (χ0) is 9.52. The molecule has 0 bridgehead atoms. The Morgan fingerprint density at radius 1 is 1.31 bits per heavy atom. The summed E-state index contributed by atoms with van der Waals surface area (Å²) in [5.74, 6) is 0. The summed E-state index contributed by atoms with van der Waals surface area (Å²) >= 11 is 6.06. The van der Waals surface area contributed by atoms with Crippen molar-refractivity contribution in [2.75, 3.05) is 0 Å². The molecule has 0 radical (unpaired) electrons. The molecule has 0 heterocycles. The van der Waals surface area contributed by atoms with Crippen molar-refractivity contribution >= 4 is 17.7 Å². The molecular weight excluding hydrogens is 180 g/mol. The molecule has 0 aliphatic rings. The number of rotatable bonds is 4. The van der Waals surface area contributed by atoms with Crippen molar-refractivity contribution < 1.29 is 0 Å². The van der Waals surface area contributed by atoms with Crippen molar-refractivity contribution in [1.29, 1.82) is 0 Å². The van der Waals surface area contributed by atoms with Crippen molar-refractivity contribution in [3.05, 3.63) is 40.9 Å². The van der Waals surface area contributed by atoms with Crippen LogP contribution in [-0.4, -0.2) is 0 Å². The maximum absolute atomic E-state index is 6.06. The second kappa shape index (κ2) is 5.82. The number of benzene rings is 1. The predicted octanol–water partition coefficient (Wildman–Crippen LogP) is 4.46. The molecule has 0 aliphatic heterocycles. The summed E-state index contributed by atoms with van der Waals surface area (Å²) in [6, 6.07) is 10.2. The number of halogens is 1. The first-order valence-corrected chi connectivity index (χ1v) is 5.12. The van der Waals surface area contributed by atoms with Gasteiger partial charge in [-0.25, -0.2) is 0 Å². The fourth-order valence-electron chi connectivity index (χ4n) is 1.15. The quantitative estimate of drug-likeness (QED) is 0.664. The first kappa shape index (κ1) is 10.3.